The van der Waals surface area contributed by atoms with E-state index in [1.54, 1.807) is 0 Å². The number of hydrogen-bond acceptors (Lipinski definition) is 0. The lowest BCUT2D eigenvalue weighted by molar-refractivity contribution is -0.189. The molecule has 1 aromatic carbocycles. The van der Waals surface area contributed by atoms with Crippen molar-refractivity contribution in [2.24, 2.45) is 11.3 Å². The Morgan fingerprint density at radius 3 is 1.36 bits per heavy atom. The summed E-state index contributed by atoms with van der Waals surface area (Å²) in [5.41, 5.74) is -5.75. The Bertz CT molecular complexity index is 624. The number of hydrogen-bond donors (Lipinski definition) is 0. The number of benzene rings is 1. The molecule has 0 aliphatic rings. The van der Waals surface area contributed by atoms with Crippen LogP contribution in [0.5, 0.6) is 0 Å². The molecule has 0 nitrogen and oxygen atoms in total. The lowest BCUT2D eigenvalue weighted by atomic mass is 9.59. The van der Waals surface area contributed by atoms with Crippen molar-refractivity contribution in [2.75, 3.05) is 0 Å². The molecule has 0 aromatic heterocycles. The van der Waals surface area contributed by atoms with Crippen LogP contribution < -0.4 is 0 Å². The van der Waals surface area contributed by atoms with Crippen molar-refractivity contribution in [2.45, 2.75) is 65.7 Å². The molecule has 1 aromatic rings. The van der Waals surface area contributed by atoms with Gasteiger partial charge in [-0.05, 0) is 25.7 Å². The van der Waals surface area contributed by atoms with Crippen LogP contribution in [0, 0.1) is 40.4 Å². The lowest BCUT2D eigenvalue weighted by Gasteiger charge is -2.49. The number of halogens is 7. The van der Waals surface area contributed by atoms with E-state index in [1.165, 1.54) is 34.6 Å². The van der Waals surface area contributed by atoms with E-state index in [4.69, 9.17) is 0 Å². The second-order valence-electron chi connectivity index (χ2n) is 7.13. The summed E-state index contributed by atoms with van der Waals surface area (Å²) in [7, 11) is 0. The molecular formula is C18H23F7. The SMILES string of the molecule is CCC(C)(c1c(F)c(F)c(F)c(F)c1F)C(F)(F)C(C)(CC)C(C)C. The highest BCUT2D eigenvalue weighted by atomic mass is 19.3. The highest BCUT2D eigenvalue weighted by Gasteiger charge is 2.63. The van der Waals surface area contributed by atoms with Crippen LogP contribution in [0.3, 0.4) is 0 Å². The highest BCUT2D eigenvalue weighted by Crippen LogP contribution is 2.57. The molecule has 25 heavy (non-hydrogen) atoms. The minimum Gasteiger partial charge on any atom is -0.205 e. The van der Waals surface area contributed by atoms with Gasteiger partial charge < -0.3 is 0 Å². The Morgan fingerprint density at radius 2 is 1.08 bits per heavy atom. The molecule has 0 heterocycles. The van der Waals surface area contributed by atoms with Gasteiger partial charge >= 0.3 is 0 Å². The average Bonchev–Trinajstić information content (AvgIpc) is 2.56. The zero-order valence-electron chi connectivity index (χ0n) is 15.1. The molecule has 0 saturated carbocycles. The summed E-state index contributed by atoms with van der Waals surface area (Å²) in [6.45, 7) is 7.92. The second-order valence-corrected chi connectivity index (χ2v) is 7.13. The molecule has 1 rings (SSSR count). The molecule has 0 saturated heterocycles. The van der Waals surface area contributed by atoms with E-state index >= 15 is 8.78 Å². The van der Waals surface area contributed by atoms with E-state index in [0.717, 1.165) is 6.92 Å². The van der Waals surface area contributed by atoms with Gasteiger partial charge in [-0.15, -0.1) is 0 Å². The third-order valence-corrected chi connectivity index (χ3v) is 5.89. The first kappa shape index (κ1) is 21.8. The summed E-state index contributed by atoms with van der Waals surface area (Å²) in [6.07, 6.45) is -0.552. The van der Waals surface area contributed by atoms with Crippen molar-refractivity contribution in [1.29, 1.82) is 0 Å². The second kappa shape index (κ2) is 6.80. The van der Waals surface area contributed by atoms with Crippen molar-refractivity contribution in [3.63, 3.8) is 0 Å². The normalized spacial score (nSPS) is 17.5. The standard InChI is InChI=1S/C18H23F7/c1-7-16(5,9(3)4)18(24,25)17(6,8-2)10-11(19)13(21)15(23)14(22)12(10)20/h9H,7-8H2,1-6H3. The summed E-state index contributed by atoms with van der Waals surface area (Å²) >= 11 is 0. The maximum atomic E-state index is 15.5. The maximum Gasteiger partial charge on any atom is 0.263 e. The van der Waals surface area contributed by atoms with E-state index < -0.39 is 63.7 Å². The Hall–Kier alpha value is -1.27. The molecule has 0 N–H and O–H groups in total. The summed E-state index contributed by atoms with van der Waals surface area (Å²) < 4.78 is 100. The highest BCUT2D eigenvalue weighted by molar-refractivity contribution is 5.34. The van der Waals surface area contributed by atoms with Gasteiger partial charge in [0.25, 0.3) is 5.92 Å². The Balaban J connectivity index is 3.89. The van der Waals surface area contributed by atoms with Crippen LogP contribution >= 0.6 is 0 Å². The summed E-state index contributed by atoms with van der Waals surface area (Å²) in [4.78, 5) is 0. The van der Waals surface area contributed by atoms with Crippen LogP contribution in [0.15, 0.2) is 0 Å². The third-order valence-electron chi connectivity index (χ3n) is 5.89. The average molecular weight is 372 g/mol. The minimum absolute atomic E-state index is 0.0390. The number of alkyl halides is 2. The van der Waals surface area contributed by atoms with Crippen LogP contribution in [0.25, 0.3) is 0 Å². The largest absolute Gasteiger partial charge is 0.263 e. The number of rotatable bonds is 6. The summed E-state index contributed by atoms with van der Waals surface area (Å²) in [6, 6.07) is 0. The minimum atomic E-state index is -3.74. The summed E-state index contributed by atoms with van der Waals surface area (Å²) in [5.74, 6) is -15.5. The first-order valence-electron chi connectivity index (χ1n) is 8.14. The van der Waals surface area contributed by atoms with Gasteiger partial charge in [-0.3, -0.25) is 0 Å². The fourth-order valence-electron chi connectivity index (χ4n) is 3.27. The van der Waals surface area contributed by atoms with Gasteiger partial charge in [0.1, 0.15) is 0 Å². The van der Waals surface area contributed by atoms with E-state index in [1.807, 2.05) is 0 Å². The molecule has 0 spiro atoms. The van der Waals surface area contributed by atoms with Gasteiger partial charge in [0.2, 0.25) is 5.82 Å². The molecule has 0 bridgehead atoms. The van der Waals surface area contributed by atoms with Crippen LogP contribution in [-0.4, -0.2) is 5.92 Å². The first-order valence-corrected chi connectivity index (χ1v) is 8.14. The molecule has 0 aliphatic heterocycles. The molecule has 2 atom stereocenters. The molecule has 0 fully saturated rings. The van der Waals surface area contributed by atoms with Crippen LogP contribution in [0.1, 0.15) is 59.9 Å². The predicted octanol–water partition coefficient (Wildman–Crippen LogP) is 6.76. The van der Waals surface area contributed by atoms with Crippen molar-refractivity contribution < 1.29 is 30.7 Å². The monoisotopic (exact) mass is 372 g/mol. The fourth-order valence-corrected chi connectivity index (χ4v) is 3.27. The van der Waals surface area contributed by atoms with Crippen molar-refractivity contribution >= 4 is 0 Å². The fraction of sp³-hybridized carbons (Fsp3) is 0.667. The third kappa shape index (κ3) is 2.83. The van der Waals surface area contributed by atoms with Gasteiger partial charge in [-0.25, -0.2) is 30.7 Å². The molecule has 7 heteroatoms. The summed E-state index contributed by atoms with van der Waals surface area (Å²) in [5, 5.41) is 0. The Labute approximate surface area is 143 Å². The first-order chi connectivity index (χ1) is 11.2. The molecule has 2 unspecified atom stereocenters. The Morgan fingerprint density at radius 1 is 0.720 bits per heavy atom. The van der Waals surface area contributed by atoms with E-state index in [2.05, 4.69) is 0 Å². The topological polar surface area (TPSA) is 0 Å². The van der Waals surface area contributed by atoms with Crippen LogP contribution in [-0.2, 0) is 5.41 Å². The van der Waals surface area contributed by atoms with Gasteiger partial charge in [-0.2, -0.15) is 0 Å². The smallest absolute Gasteiger partial charge is 0.205 e. The zero-order valence-corrected chi connectivity index (χ0v) is 15.1. The van der Waals surface area contributed by atoms with E-state index in [-0.39, 0.29) is 6.42 Å². The molecule has 0 radical (unpaired) electrons. The van der Waals surface area contributed by atoms with Crippen LogP contribution in [0.4, 0.5) is 30.7 Å². The van der Waals surface area contributed by atoms with Gasteiger partial charge in [0, 0.05) is 11.0 Å². The van der Waals surface area contributed by atoms with E-state index in [0.29, 0.717) is 0 Å². The quantitative estimate of drug-likeness (QED) is 0.294. The molecular weight excluding hydrogens is 349 g/mol. The maximum absolute atomic E-state index is 15.5. The van der Waals surface area contributed by atoms with Crippen molar-refractivity contribution in [1.82, 2.24) is 0 Å². The van der Waals surface area contributed by atoms with Gasteiger partial charge in [0.05, 0.1) is 5.41 Å². The molecule has 144 valence electrons. The molecule has 0 amide bonds. The lowest BCUT2D eigenvalue weighted by Crippen LogP contribution is -2.56. The van der Waals surface area contributed by atoms with Gasteiger partial charge in [0.15, 0.2) is 23.3 Å². The van der Waals surface area contributed by atoms with Crippen LogP contribution in [0.2, 0.25) is 0 Å². The zero-order chi connectivity index (χ0) is 20.0. The molecule has 0 aliphatic carbocycles. The van der Waals surface area contributed by atoms with Crippen molar-refractivity contribution in [3.8, 4) is 0 Å². The van der Waals surface area contributed by atoms with Crippen molar-refractivity contribution in [3.05, 3.63) is 34.6 Å². The van der Waals surface area contributed by atoms with E-state index in [9.17, 15) is 22.0 Å². The predicted molar refractivity (Wildman–Crippen MR) is 82.1 cm³/mol. The van der Waals surface area contributed by atoms with Gasteiger partial charge in [-0.1, -0.05) is 34.6 Å². The Kier molecular flexibility index (Phi) is 5.92.